The molecule has 0 radical (unpaired) electrons. The Morgan fingerprint density at radius 1 is 0.465 bits per heavy atom. The molecule has 0 spiro atoms. The lowest BCUT2D eigenvalue weighted by atomic mass is 10.0. The largest absolute Gasteiger partial charge is 0.308 e. The van der Waals surface area contributed by atoms with Crippen LogP contribution >= 0.6 is 0 Å². The van der Waals surface area contributed by atoms with Crippen molar-refractivity contribution in [2.24, 2.45) is 0 Å². The quantitative estimate of drug-likeness (QED) is 0.204. The normalized spacial score (nSPS) is 12.8. The minimum atomic E-state index is -0.318. The van der Waals surface area contributed by atoms with Crippen LogP contribution in [0, 0.1) is 6.92 Å². The first-order chi connectivity index (χ1) is 21.1. The van der Waals surface area contributed by atoms with Gasteiger partial charge in [0.25, 0.3) is 11.8 Å². The SMILES string of the molecule is Cc1cccc(-c2ccc3c(c2)c2ccccc2n3-c2cccc3c2C(=O)N(c2ccccc2-c2ccccc2)C3=O)c1. The highest BCUT2D eigenvalue weighted by atomic mass is 16.2. The number of benzene rings is 6. The molecule has 7 aromatic rings. The number of para-hydroxylation sites is 2. The van der Waals surface area contributed by atoms with Gasteiger partial charge in [-0.25, -0.2) is 4.90 Å². The first-order valence-electron chi connectivity index (χ1n) is 14.4. The number of carbonyl (C=O) groups excluding carboxylic acids is 2. The summed E-state index contributed by atoms with van der Waals surface area (Å²) in [7, 11) is 0. The fourth-order valence-corrected chi connectivity index (χ4v) is 6.44. The molecule has 8 rings (SSSR count). The fourth-order valence-electron chi connectivity index (χ4n) is 6.44. The molecular formula is C39H26N2O2. The molecule has 0 fully saturated rings. The highest BCUT2D eigenvalue weighted by Crippen LogP contribution is 2.41. The van der Waals surface area contributed by atoms with Crippen molar-refractivity contribution in [2.75, 3.05) is 4.90 Å². The third kappa shape index (κ3) is 3.84. The van der Waals surface area contributed by atoms with Gasteiger partial charge in [0, 0.05) is 16.3 Å². The van der Waals surface area contributed by atoms with Crippen LogP contribution in [-0.2, 0) is 0 Å². The molecule has 0 atom stereocenters. The van der Waals surface area contributed by atoms with Crippen molar-refractivity contribution in [1.82, 2.24) is 4.57 Å². The Morgan fingerprint density at radius 2 is 1.12 bits per heavy atom. The summed E-state index contributed by atoms with van der Waals surface area (Å²) in [5, 5.41) is 2.18. The number of rotatable bonds is 4. The molecule has 0 bridgehead atoms. The van der Waals surface area contributed by atoms with Crippen LogP contribution in [0.25, 0.3) is 49.7 Å². The summed E-state index contributed by atoms with van der Waals surface area (Å²) in [5.74, 6) is -0.631. The van der Waals surface area contributed by atoms with E-state index in [0.717, 1.165) is 44.1 Å². The summed E-state index contributed by atoms with van der Waals surface area (Å²) >= 11 is 0. The van der Waals surface area contributed by atoms with Crippen molar-refractivity contribution >= 4 is 39.3 Å². The van der Waals surface area contributed by atoms with E-state index in [0.29, 0.717) is 22.5 Å². The van der Waals surface area contributed by atoms with Crippen LogP contribution < -0.4 is 4.90 Å². The Balaban J connectivity index is 1.33. The Morgan fingerprint density at radius 3 is 1.98 bits per heavy atom. The zero-order valence-electron chi connectivity index (χ0n) is 23.5. The second kappa shape index (κ2) is 9.68. The number of carbonyl (C=O) groups is 2. The van der Waals surface area contributed by atoms with Crippen molar-refractivity contribution in [3.63, 3.8) is 0 Å². The van der Waals surface area contributed by atoms with Crippen molar-refractivity contribution in [3.05, 3.63) is 156 Å². The second-order valence-corrected chi connectivity index (χ2v) is 11.0. The van der Waals surface area contributed by atoms with E-state index in [1.807, 2.05) is 78.9 Å². The standard InChI is InChI=1S/C39H26N2O2/c1-25-11-9-14-27(23-25)28-21-22-35-32(24-28)30-16-6-8-19-34(30)40(35)36-20-10-17-31-37(36)39(43)41(38(31)42)33-18-7-5-15-29(33)26-12-3-2-4-13-26/h2-24H,1H3. The third-order valence-corrected chi connectivity index (χ3v) is 8.39. The Bertz CT molecular complexity index is 2240. The number of hydrogen-bond acceptors (Lipinski definition) is 2. The van der Waals surface area contributed by atoms with E-state index in [1.54, 1.807) is 6.07 Å². The van der Waals surface area contributed by atoms with E-state index < -0.39 is 0 Å². The average molecular weight is 555 g/mol. The minimum Gasteiger partial charge on any atom is -0.308 e. The molecule has 0 unspecified atom stereocenters. The highest BCUT2D eigenvalue weighted by Gasteiger charge is 2.40. The van der Waals surface area contributed by atoms with Crippen LogP contribution in [0.5, 0.6) is 0 Å². The van der Waals surface area contributed by atoms with Crippen molar-refractivity contribution in [3.8, 4) is 27.9 Å². The molecule has 6 aromatic carbocycles. The Hall–Kier alpha value is -5.74. The van der Waals surface area contributed by atoms with E-state index in [2.05, 4.69) is 66.1 Å². The van der Waals surface area contributed by atoms with Crippen LogP contribution in [0.2, 0.25) is 0 Å². The average Bonchev–Trinajstić information content (AvgIpc) is 3.52. The van der Waals surface area contributed by atoms with Gasteiger partial charge in [-0.2, -0.15) is 0 Å². The molecule has 0 aliphatic carbocycles. The molecule has 0 saturated carbocycles. The van der Waals surface area contributed by atoms with Crippen LogP contribution in [0.4, 0.5) is 5.69 Å². The molecule has 4 nitrogen and oxygen atoms in total. The molecule has 1 aliphatic rings. The molecule has 4 heteroatoms. The van der Waals surface area contributed by atoms with Gasteiger partial charge in [-0.15, -0.1) is 0 Å². The van der Waals surface area contributed by atoms with E-state index in [9.17, 15) is 9.59 Å². The van der Waals surface area contributed by atoms with Crippen LogP contribution in [0.15, 0.2) is 140 Å². The maximum absolute atomic E-state index is 14.3. The van der Waals surface area contributed by atoms with E-state index in [-0.39, 0.29) is 11.8 Å². The van der Waals surface area contributed by atoms with Gasteiger partial charge in [-0.05, 0) is 60.0 Å². The summed E-state index contributed by atoms with van der Waals surface area (Å²) in [6.45, 7) is 2.10. The van der Waals surface area contributed by atoms with Gasteiger partial charge in [-0.1, -0.05) is 109 Å². The first-order valence-corrected chi connectivity index (χ1v) is 14.4. The molecule has 2 heterocycles. The number of aryl methyl sites for hydroxylation is 1. The zero-order chi connectivity index (χ0) is 29.1. The molecule has 0 saturated heterocycles. The molecule has 0 N–H and O–H groups in total. The lowest BCUT2D eigenvalue weighted by Gasteiger charge is -2.18. The van der Waals surface area contributed by atoms with Gasteiger partial charge < -0.3 is 4.57 Å². The lowest BCUT2D eigenvalue weighted by molar-refractivity contribution is 0.0926. The van der Waals surface area contributed by atoms with Crippen molar-refractivity contribution < 1.29 is 9.59 Å². The fraction of sp³-hybridized carbons (Fsp3) is 0.0256. The molecule has 43 heavy (non-hydrogen) atoms. The first kappa shape index (κ1) is 25.0. The van der Waals surface area contributed by atoms with E-state index in [1.165, 1.54) is 10.5 Å². The topological polar surface area (TPSA) is 42.3 Å². The maximum atomic E-state index is 14.3. The van der Waals surface area contributed by atoms with Crippen LogP contribution in [-0.4, -0.2) is 16.4 Å². The number of nitrogens with zero attached hydrogens (tertiary/aromatic N) is 2. The van der Waals surface area contributed by atoms with Crippen molar-refractivity contribution in [2.45, 2.75) is 6.92 Å². The Kier molecular flexibility index (Phi) is 5.63. The second-order valence-electron chi connectivity index (χ2n) is 11.0. The predicted octanol–water partition coefficient (Wildman–Crippen LogP) is 9.23. The monoisotopic (exact) mass is 554 g/mol. The third-order valence-electron chi connectivity index (χ3n) is 8.39. The number of hydrogen-bond donors (Lipinski definition) is 0. The highest BCUT2D eigenvalue weighted by molar-refractivity contribution is 6.36. The van der Waals surface area contributed by atoms with Crippen LogP contribution in [0.3, 0.4) is 0 Å². The molecule has 204 valence electrons. The maximum Gasteiger partial charge on any atom is 0.268 e. The molecule has 2 amide bonds. The minimum absolute atomic E-state index is 0.312. The summed E-state index contributed by atoms with van der Waals surface area (Å²) in [6, 6.07) is 46.2. The van der Waals surface area contributed by atoms with Gasteiger partial charge in [0.2, 0.25) is 0 Å². The molecule has 1 aromatic heterocycles. The number of aromatic nitrogens is 1. The van der Waals surface area contributed by atoms with Crippen LogP contribution in [0.1, 0.15) is 26.3 Å². The van der Waals surface area contributed by atoms with E-state index in [4.69, 9.17) is 0 Å². The Labute approximate surface area is 249 Å². The summed E-state index contributed by atoms with van der Waals surface area (Å²) in [4.78, 5) is 29.6. The summed E-state index contributed by atoms with van der Waals surface area (Å²) in [5.41, 5.74) is 9.35. The summed E-state index contributed by atoms with van der Waals surface area (Å²) < 4.78 is 2.13. The summed E-state index contributed by atoms with van der Waals surface area (Å²) in [6.07, 6.45) is 0. The van der Waals surface area contributed by atoms with Crippen molar-refractivity contribution in [1.29, 1.82) is 0 Å². The van der Waals surface area contributed by atoms with Gasteiger partial charge in [0.1, 0.15) is 0 Å². The van der Waals surface area contributed by atoms with Gasteiger partial charge >= 0.3 is 0 Å². The zero-order valence-corrected chi connectivity index (χ0v) is 23.5. The lowest BCUT2D eigenvalue weighted by Crippen LogP contribution is -2.30. The number of fused-ring (bicyclic) bond motifs is 4. The number of imide groups is 1. The smallest absolute Gasteiger partial charge is 0.268 e. The predicted molar refractivity (Wildman–Crippen MR) is 174 cm³/mol. The van der Waals surface area contributed by atoms with Gasteiger partial charge in [0.15, 0.2) is 0 Å². The molecule has 1 aliphatic heterocycles. The molecular weight excluding hydrogens is 528 g/mol. The number of amides is 2. The number of anilines is 1. The van der Waals surface area contributed by atoms with Gasteiger partial charge in [-0.3, -0.25) is 9.59 Å². The van der Waals surface area contributed by atoms with Gasteiger partial charge in [0.05, 0.1) is 33.5 Å². The van der Waals surface area contributed by atoms with E-state index >= 15 is 0 Å².